The zero-order chi connectivity index (χ0) is 10.2. The van der Waals surface area contributed by atoms with Gasteiger partial charge in [0.2, 0.25) is 0 Å². The van der Waals surface area contributed by atoms with Crippen molar-refractivity contribution in [2.24, 2.45) is 0 Å². The van der Waals surface area contributed by atoms with E-state index in [1.165, 1.54) is 27.6 Å². The van der Waals surface area contributed by atoms with Crippen molar-refractivity contribution in [1.29, 1.82) is 0 Å². The lowest BCUT2D eigenvalue weighted by Gasteiger charge is -2.16. The van der Waals surface area contributed by atoms with Crippen molar-refractivity contribution in [3.8, 4) is 11.5 Å². The van der Waals surface area contributed by atoms with Crippen LogP contribution in [0.4, 0.5) is 0 Å². The molecule has 0 radical (unpaired) electrons. The molecule has 0 saturated heterocycles. The minimum absolute atomic E-state index is 1.47. The summed E-state index contributed by atoms with van der Waals surface area (Å²) >= 11 is 0. The monoisotopic (exact) mass is 202 g/mol. The normalized spacial score (nSPS) is 11.1. The van der Waals surface area contributed by atoms with Crippen molar-refractivity contribution in [2.45, 2.75) is 0 Å². The van der Waals surface area contributed by atoms with Gasteiger partial charge in [0.1, 0.15) is 0 Å². The van der Waals surface area contributed by atoms with Gasteiger partial charge < -0.3 is 18.0 Å². The fraction of sp³-hybridized carbons (Fsp3) is 0.500. The second kappa shape index (κ2) is 6.68. The van der Waals surface area contributed by atoms with Crippen molar-refractivity contribution in [1.82, 2.24) is 0 Å². The van der Waals surface area contributed by atoms with Crippen LogP contribution in [-0.2, 0) is 18.0 Å². The molecule has 0 saturated carbocycles. The van der Waals surface area contributed by atoms with Crippen molar-refractivity contribution >= 4 is 8.80 Å². The maximum absolute atomic E-state index is 5.06. The topological polar surface area (TPSA) is 36.9 Å². The summed E-state index contributed by atoms with van der Waals surface area (Å²) in [7, 11) is 3.34. The number of rotatable bonds is 4. The summed E-state index contributed by atoms with van der Waals surface area (Å²) in [6.07, 6.45) is 3.02. The van der Waals surface area contributed by atoms with Crippen LogP contribution >= 0.6 is 0 Å². The predicted molar refractivity (Wildman–Crippen MR) is 50.7 cm³/mol. The summed E-state index contributed by atoms with van der Waals surface area (Å²) in [6, 6.07) is 0. The summed E-state index contributed by atoms with van der Waals surface area (Å²) < 4.78 is 19.9. The molecular formula is C8H14O4Si. The molecule has 0 atom stereocenters. The lowest BCUT2D eigenvalue weighted by Crippen LogP contribution is -2.41. The molecule has 0 aliphatic rings. The van der Waals surface area contributed by atoms with Crippen LogP contribution < -0.4 is 0 Å². The van der Waals surface area contributed by atoms with Gasteiger partial charge in [0.25, 0.3) is 0 Å². The first kappa shape index (κ1) is 12.2. The van der Waals surface area contributed by atoms with Crippen LogP contribution in [0.1, 0.15) is 0 Å². The quantitative estimate of drug-likeness (QED) is 0.379. The molecule has 0 N–H and O–H groups in total. The fourth-order valence-corrected chi connectivity index (χ4v) is 1.70. The van der Waals surface area contributed by atoms with E-state index in [0.717, 1.165) is 0 Å². The summed E-state index contributed by atoms with van der Waals surface area (Å²) in [6.45, 7) is 0. The molecule has 0 aromatic carbocycles. The van der Waals surface area contributed by atoms with E-state index in [1.807, 2.05) is 0 Å². The Labute approximate surface area is 79.8 Å². The highest BCUT2D eigenvalue weighted by Crippen LogP contribution is 2.02. The third-order valence-electron chi connectivity index (χ3n) is 1.32. The number of hydrogen-bond donors (Lipinski definition) is 0. The molecule has 0 rings (SSSR count). The van der Waals surface area contributed by atoms with Crippen molar-refractivity contribution in [3.63, 3.8) is 0 Å². The maximum atomic E-state index is 5.06. The lowest BCUT2D eigenvalue weighted by atomic mass is 10.7. The predicted octanol–water partition coefficient (Wildman–Crippen LogP) is 0.567. The zero-order valence-corrected chi connectivity index (χ0v) is 9.29. The molecule has 0 bridgehead atoms. The molecule has 0 amide bonds. The van der Waals surface area contributed by atoms with E-state index < -0.39 is 8.80 Å². The molecular weight excluding hydrogens is 188 g/mol. The van der Waals surface area contributed by atoms with Crippen molar-refractivity contribution < 1.29 is 18.0 Å². The average molecular weight is 202 g/mol. The van der Waals surface area contributed by atoms with Crippen LogP contribution in [0.25, 0.3) is 0 Å². The summed E-state index contributed by atoms with van der Waals surface area (Å²) in [5.41, 5.74) is 2.77. The lowest BCUT2D eigenvalue weighted by molar-refractivity contribution is 0.141. The Morgan fingerprint density at radius 2 is 1.54 bits per heavy atom. The molecule has 0 heterocycles. The Bertz CT molecular complexity index is 204. The molecule has 0 fully saturated rings. The highest BCUT2D eigenvalue weighted by Gasteiger charge is 2.36. The Hall–Kier alpha value is -0.803. The van der Waals surface area contributed by atoms with Crippen LogP contribution in [0.15, 0.2) is 12.3 Å². The smallest absolute Gasteiger partial charge is 0.504 e. The van der Waals surface area contributed by atoms with Gasteiger partial charge in [-0.3, -0.25) is 0 Å². The first-order chi connectivity index (χ1) is 6.24. The van der Waals surface area contributed by atoms with Gasteiger partial charge in [-0.05, 0) is 5.54 Å². The third-order valence-corrected chi connectivity index (χ3v) is 3.38. The van der Waals surface area contributed by atoms with E-state index in [1.54, 1.807) is 13.2 Å². The van der Waals surface area contributed by atoms with Gasteiger partial charge in [0.15, 0.2) is 0 Å². The summed E-state index contributed by atoms with van der Waals surface area (Å²) in [5, 5.41) is 0. The fourth-order valence-electron chi connectivity index (χ4n) is 0.635. The van der Waals surface area contributed by atoms with Crippen LogP contribution in [0.2, 0.25) is 0 Å². The van der Waals surface area contributed by atoms with E-state index in [2.05, 4.69) is 16.2 Å². The average Bonchev–Trinajstić information content (AvgIpc) is 2.20. The van der Waals surface area contributed by atoms with Gasteiger partial charge >= 0.3 is 8.80 Å². The number of methoxy groups -OCH3 is 1. The van der Waals surface area contributed by atoms with Crippen molar-refractivity contribution in [3.05, 3.63) is 12.3 Å². The maximum Gasteiger partial charge on any atom is 0.591 e. The molecule has 13 heavy (non-hydrogen) atoms. The van der Waals surface area contributed by atoms with Gasteiger partial charge in [-0.15, -0.1) is 0 Å². The zero-order valence-electron chi connectivity index (χ0n) is 8.29. The molecule has 0 spiro atoms. The Balaban J connectivity index is 4.36. The Morgan fingerprint density at radius 1 is 1.00 bits per heavy atom. The van der Waals surface area contributed by atoms with Crippen LogP contribution in [0, 0.1) is 11.5 Å². The van der Waals surface area contributed by atoms with Gasteiger partial charge in [0, 0.05) is 27.4 Å². The Morgan fingerprint density at radius 3 is 1.92 bits per heavy atom. The van der Waals surface area contributed by atoms with Gasteiger partial charge in [-0.2, -0.15) is 0 Å². The second-order valence-electron chi connectivity index (χ2n) is 1.98. The minimum atomic E-state index is -2.74. The molecule has 74 valence electrons. The summed E-state index contributed by atoms with van der Waals surface area (Å²) in [5.74, 6) is 2.71. The van der Waals surface area contributed by atoms with E-state index in [4.69, 9.17) is 13.3 Å². The minimum Gasteiger partial charge on any atom is -0.504 e. The molecule has 0 aliphatic heterocycles. The summed E-state index contributed by atoms with van der Waals surface area (Å²) in [4.78, 5) is 0. The molecule has 0 aromatic heterocycles. The van der Waals surface area contributed by atoms with Crippen LogP contribution in [0.3, 0.4) is 0 Å². The van der Waals surface area contributed by atoms with Crippen LogP contribution in [-0.4, -0.2) is 37.2 Å². The van der Waals surface area contributed by atoms with Gasteiger partial charge in [-0.25, -0.2) is 0 Å². The molecule has 5 heteroatoms. The van der Waals surface area contributed by atoms with E-state index >= 15 is 0 Å². The molecule has 0 aliphatic carbocycles. The number of ether oxygens (including phenoxy) is 1. The second-order valence-corrected chi connectivity index (χ2v) is 4.56. The molecule has 0 unspecified atom stereocenters. The first-order valence-corrected chi connectivity index (χ1v) is 5.33. The number of allylic oxidation sites excluding steroid dienone is 1. The molecule has 0 aromatic rings. The van der Waals surface area contributed by atoms with Crippen molar-refractivity contribution in [2.75, 3.05) is 28.4 Å². The SMILES string of the molecule is CO/C=C\C#C[Si](OC)(OC)OC. The van der Waals surface area contributed by atoms with E-state index in [0.29, 0.717) is 0 Å². The number of hydrogen-bond acceptors (Lipinski definition) is 4. The third kappa shape index (κ3) is 4.10. The standard InChI is InChI=1S/C8H14O4Si/c1-9-7-5-6-8-13(10-2,11-3)12-4/h5,7H,1-4H3/b7-5-. The highest BCUT2D eigenvalue weighted by molar-refractivity contribution is 6.69. The van der Waals surface area contributed by atoms with Gasteiger partial charge in [0.05, 0.1) is 13.4 Å². The van der Waals surface area contributed by atoms with Gasteiger partial charge in [-0.1, -0.05) is 5.92 Å². The van der Waals surface area contributed by atoms with E-state index in [-0.39, 0.29) is 0 Å². The van der Waals surface area contributed by atoms with Crippen LogP contribution in [0.5, 0.6) is 0 Å². The molecule has 4 nitrogen and oxygen atoms in total. The van der Waals surface area contributed by atoms with E-state index in [9.17, 15) is 0 Å². The largest absolute Gasteiger partial charge is 0.591 e. The Kier molecular flexibility index (Phi) is 6.27. The first-order valence-electron chi connectivity index (χ1n) is 3.60. The highest BCUT2D eigenvalue weighted by atomic mass is 28.4.